The van der Waals surface area contributed by atoms with Crippen molar-refractivity contribution in [1.82, 2.24) is 4.90 Å². The summed E-state index contributed by atoms with van der Waals surface area (Å²) in [4.78, 5) is 15.0. The lowest BCUT2D eigenvalue weighted by atomic mass is 9.70. The first kappa shape index (κ1) is 16.7. The molecule has 0 saturated carbocycles. The van der Waals surface area contributed by atoms with Crippen molar-refractivity contribution in [3.05, 3.63) is 83.6 Å². The number of allylic oxidation sites excluding steroid dienone is 2. The zero-order valence-corrected chi connectivity index (χ0v) is 15.3. The van der Waals surface area contributed by atoms with Crippen LogP contribution in [0.1, 0.15) is 30.4 Å². The maximum Gasteiger partial charge on any atom is 0.264 e. The number of nitrogens with zero attached hydrogens (tertiary/aromatic N) is 1. The minimum Gasteiger partial charge on any atom is -0.308 e. The summed E-state index contributed by atoms with van der Waals surface area (Å²) in [5.41, 5.74) is 2.34. The molecule has 2 nitrogen and oxygen atoms in total. The van der Waals surface area contributed by atoms with Crippen LogP contribution in [0.3, 0.4) is 0 Å². The average molecular weight is 372 g/mol. The predicted molar refractivity (Wildman–Crippen MR) is 101 cm³/mol. The van der Waals surface area contributed by atoms with Gasteiger partial charge in [0.15, 0.2) is 0 Å². The van der Waals surface area contributed by atoms with Crippen LogP contribution in [-0.2, 0) is 16.8 Å². The fraction of sp³-hybridized carbons (Fsp3) is 0.286. The first-order chi connectivity index (χ1) is 12.1. The molecule has 2 aliphatic rings. The number of fused-ring (bicyclic) bond motifs is 1. The number of likely N-dealkylation sites (tertiary alicyclic amines) is 1. The number of hydrogen-bond acceptors (Lipinski definition) is 1. The number of carbonyl (C=O) groups is 1. The van der Waals surface area contributed by atoms with Crippen molar-refractivity contribution >= 4 is 29.1 Å². The summed E-state index contributed by atoms with van der Waals surface area (Å²) < 4.78 is -1.49. The highest BCUT2D eigenvalue weighted by atomic mass is 35.5. The molecule has 128 valence electrons. The van der Waals surface area contributed by atoms with Crippen molar-refractivity contribution < 1.29 is 4.79 Å². The second-order valence-corrected chi connectivity index (χ2v) is 8.03. The highest BCUT2D eigenvalue weighted by molar-refractivity contribution is 6.60. The first-order valence-electron chi connectivity index (χ1n) is 8.57. The molecule has 0 spiro atoms. The molecule has 1 atom stereocenters. The summed E-state index contributed by atoms with van der Waals surface area (Å²) in [5.74, 6) is -0.225. The topological polar surface area (TPSA) is 20.3 Å². The highest BCUT2D eigenvalue weighted by Gasteiger charge is 2.66. The fourth-order valence-corrected chi connectivity index (χ4v) is 4.95. The fourth-order valence-electron chi connectivity index (χ4n) is 4.15. The van der Waals surface area contributed by atoms with Gasteiger partial charge < -0.3 is 4.90 Å². The summed E-state index contributed by atoms with van der Waals surface area (Å²) in [6.45, 7) is 0.487. The lowest BCUT2D eigenvalue weighted by Crippen LogP contribution is -2.44. The number of alkyl halides is 2. The third-order valence-electron chi connectivity index (χ3n) is 5.32. The van der Waals surface area contributed by atoms with Crippen LogP contribution in [0.15, 0.2) is 72.4 Å². The quantitative estimate of drug-likeness (QED) is 0.678. The van der Waals surface area contributed by atoms with Gasteiger partial charge in [-0.2, -0.15) is 0 Å². The summed E-state index contributed by atoms with van der Waals surface area (Å²) in [5, 5.41) is 0. The van der Waals surface area contributed by atoms with Gasteiger partial charge in [-0.05, 0) is 30.4 Å². The van der Waals surface area contributed by atoms with E-state index in [2.05, 4.69) is 6.08 Å². The summed E-state index contributed by atoms with van der Waals surface area (Å²) in [6, 6.07) is 19.9. The Hall–Kier alpha value is -1.77. The molecule has 1 fully saturated rings. The average Bonchev–Trinajstić information content (AvgIpc) is 2.83. The maximum atomic E-state index is 13.2. The van der Waals surface area contributed by atoms with Crippen molar-refractivity contribution in [1.29, 1.82) is 0 Å². The number of halogens is 2. The van der Waals surface area contributed by atoms with Crippen LogP contribution >= 0.6 is 23.2 Å². The van der Waals surface area contributed by atoms with Gasteiger partial charge in [0.2, 0.25) is 4.33 Å². The largest absolute Gasteiger partial charge is 0.308 e. The Morgan fingerprint density at radius 2 is 1.60 bits per heavy atom. The molecule has 0 N–H and O–H groups in total. The molecule has 1 heterocycles. The molecule has 0 aromatic heterocycles. The number of rotatable bonds is 3. The Bertz CT molecular complexity index is 816. The minimum atomic E-state index is -1.49. The molecule has 1 unspecified atom stereocenters. The standard InChI is InChI=1S/C21H19Cl2NO/c22-21(23)19(25)24(15-16-9-3-1-4-10-16)18-13-7-8-14-20(18,21)17-11-5-2-6-12-17/h1-6,9-13H,7-8,14-15H2. The van der Waals surface area contributed by atoms with Gasteiger partial charge in [0.1, 0.15) is 0 Å². The number of hydrogen-bond donors (Lipinski definition) is 0. The molecule has 1 amide bonds. The van der Waals surface area contributed by atoms with E-state index in [0.29, 0.717) is 6.54 Å². The molecule has 25 heavy (non-hydrogen) atoms. The van der Waals surface area contributed by atoms with Crippen molar-refractivity contribution in [3.63, 3.8) is 0 Å². The minimum absolute atomic E-state index is 0.225. The van der Waals surface area contributed by atoms with E-state index in [1.807, 2.05) is 60.7 Å². The summed E-state index contributed by atoms with van der Waals surface area (Å²) in [7, 11) is 0. The molecule has 2 aromatic carbocycles. The number of benzene rings is 2. The van der Waals surface area contributed by atoms with E-state index < -0.39 is 9.75 Å². The summed E-state index contributed by atoms with van der Waals surface area (Å²) >= 11 is 13.6. The molecule has 1 aliphatic heterocycles. The molecule has 0 bridgehead atoms. The molecule has 4 rings (SSSR count). The van der Waals surface area contributed by atoms with Crippen LogP contribution in [0.4, 0.5) is 0 Å². The van der Waals surface area contributed by atoms with Crippen molar-refractivity contribution in [2.24, 2.45) is 0 Å². The Morgan fingerprint density at radius 3 is 2.28 bits per heavy atom. The molecule has 1 aliphatic carbocycles. The molecular weight excluding hydrogens is 353 g/mol. The van der Waals surface area contributed by atoms with Crippen LogP contribution in [0.25, 0.3) is 0 Å². The normalized spacial score (nSPS) is 24.8. The molecule has 1 saturated heterocycles. The molecule has 4 heteroatoms. The second kappa shape index (κ2) is 6.19. The van der Waals surface area contributed by atoms with E-state index in [9.17, 15) is 4.79 Å². The smallest absolute Gasteiger partial charge is 0.264 e. The number of amides is 1. The van der Waals surface area contributed by atoms with Gasteiger partial charge in [0.05, 0.1) is 12.0 Å². The van der Waals surface area contributed by atoms with Crippen molar-refractivity contribution in [2.75, 3.05) is 0 Å². The Kier molecular flexibility index (Phi) is 4.13. The molecule has 2 aromatic rings. The zero-order chi connectivity index (χ0) is 17.5. The van der Waals surface area contributed by atoms with E-state index in [1.165, 1.54) is 0 Å². The van der Waals surface area contributed by atoms with E-state index in [1.54, 1.807) is 4.90 Å². The van der Waals surface area contributed by atoms with Crippen molar-refractivity contribution in [3.8, 4) is 0 Å². The Balaban J connectivity index is 1.85. The molecular formula is C21H19Cl2NO. The van der Waals surface area contributed by atoms with E-state index >= 15 is 0 Å². The van der Waals surface area contributed by atoms with Gasteiger partial charge in [-0.25, -0.2) is 0 Å². The molecule has 0 radical (unpaired) electrons. The Morgan fingerprint density at radius 1 is 0.960 bits per heavy atom. The van der Waals surface area contributed by atoms with E-state index in [0.717, 1.165) is 36.1 Å². The third-order valence-corrected chi connectivity index (χ3v) is 6.29. The van der Waals surface area contributed by atoms with Gasteiger partial charge in [0.25, 0.3) is 5.91 Å². The van der Waals surface area contributed by atoms with Crippen LogP contribution < -0.4 is 0 Å². The van der Waals surface area contributed by atoms with E-state index in [4.69, 9.17) is 23.2 Å². The maximum absolute atomic E-state index is 13.2. The van der Waals surface area contributed by atoms with Crippen LogP contribution in [0.2, 0.25) is 0 Å². The monoisotopic (exact) mass is 371 g/mol. The lowest BCUT2D eigenvalue weighted by Gasteiger charge is -2.39. The first-order valence-corrected chi connectivity index (χ1v) is 9.33. The van der Waals surface area contributed by atoms with Gasteiger partial charge in [0, 0.05) is 5.70 Å². The predicted octanol–water partition coefficient (Wildman–Crippen LogP) is 5.21. The lowest BCUT2D eigenvalue weighted by molar-refractivity contribution is -0.128. The zero-order valence-electron chi connectivity index (χ0n) is 13.8. The van der Waals surface area contributed by atoms with Crippen molar-refractivity contribution in [2.45, 2.75) is 35.6 Å². The van der Waals surface area contributed by atoms with Crippen LogP contribution in [-0.4, -0.2) is 15.1 Å². The van der Waals surface area contributed by atoms with Gasteiger partial charge in [-0.1, -0.05) is 89.9 Å². The second-order valence-electron chi connectivity index (χ2n) is 6.70. The van der Waals surface area contributed by atoms with Gasteiger partial charge in [-0.3, -0.25) is 4.79 Å². The highest BCUT2D eigenvalue weighted by Crippen LogP contribution is 2.60. The van der Waals surface area contributed by atoms with Gasteiger partial charge in [-0.15, -0.1) is 0 Å². The SMILES string of the molecule is O=C1N(Cc2ccccc2)C2=CCCCC2(c2ccccc2)C1(Cl)Cl. The van der Waals surface area contributed by atoms with E-state index in [-0.39, 0.29) is 5.91 Å². The Labute approximate surface area is 158 Å². The van der Waals surface area contributed by atoms with Crippen LogP contribution in [0.5, 0.6) is 0 Å². The van der Waals surface area contributed by atoms with Gasteiger partial charge >= 0.3 is 0 Å². The third kappa shape index (κ3) is 2.43. The number of carbonyl (C=O) groups excluding carboxylic acids is 1. The van der Waals surface area contributed by atoms with Crippen LogP contribution in [0, 0.1) is 0 Å². The summed E-state index contributed by atoms with van der Waals surface area (Å²) in [6.07, 6.45) is 4.81.